The second kappa shape index (κ2) is 4.87. The number of piperidine rings is 1. The van der Waals surface area contributed by atoms with Gasteiger partial charge in [-0.15, -0.1) is 0 Å². The fraction of sp³-hybridized carbons (Fsp3) is 0.619. The number of hydrogen-bond acceptors (Lipinski definition) is 3. The Balaban J connectivity index is 1.49. The molecule has 2 aliphatic carbocycles. The number of carbonyl (C=O) groups excluding carboxylic acids is 1. The number of aromatic nitrogens is 1. The third kappa shape index (κ3) is 2.06. The van der Waals surface area contributed by atoms with Crippen molar-refractivity contribution < 1.29 is 4.79 Å². The van der Waals surface area contributed by atoms with E-state index in [1.165, 1.54) is 11.4 Å². The maximum absolute atomic E-state index is 12.5. The zero-order valence-corrected chi connectivity index (χ0v) is 15.3. The summed E-state index contributed by atoms with van der Waals surface area (Å²) in [5, 5.41) is 0. The summed E-state index contributed by atoms with van der Waals surface area (Å²) in [6.45, 7) is 9.47. The number of hydrogen-bond donors (Lipinski definition) is 0. The summed E-state index contributed by atoms with van der Waals surface area (Å²) in [5.41, 5.74) is 3.93. The second-order valence-corrected chi connectivity index (χ2v) is 9.14. The molecular weight excluding hydrogens is 312 g/mol. The Morgan fingerprint density at radius 2 is 1.96 bits per heavy atom. The predicted molar refractivity (Wildman–Crippen MR) is 96.2 cm³/mol. The lowest BCUT2D eigenvalue weighted by Crippen LogP contribution is -2.46. The van der Waals surface area contributed by atoms with Crippen LogP contribution in [0.3, 0.4) is 0 Å². The van der Waals surface area contributed by atoms with E-state index in [1.54, 1.807) is 6.07 Å². The second-order valence-electron chi connectivity index (χ2n) is 9.14. The van der Waals surface area contributed by atoms with Gasteiger partial charge in [-0.2, -0.15) is 0 Å². The van der Waals surface area contributed by atoms with E-state index in [-0.39, 0.29) is 5.56 Å². The molecule has 5 rings (SSSR count). The van der Waals surface area contributed by atoms with Crippen molar-refractivity contribution in [2.24, 2.45) is 23.2 Å². The van der Waals surface area contributed by atoms with Crippen molar-refractivity contribution >= 4 is 5.78 Å². The molecule has 0 radical (unpaired) electrons. The summed E-state index contributed by atoms with van der Waals surface area (Å²) < 4.78 is 1.97. The zero-order chi connectivity index (χ0) is 17.5. The summed E-state index contributed by atoms with van der Waals surface area (Å²) in [6.07, 6.45) is 1.90. The normalized spacial score (nSPS) is 36.8. The molecule has 4 atom stereocenters. The third-order valence-corrected chi connectivity index (χ3v) is 7.41. The lowest BCUT2D eigenvalue weighted by molar-refractivity contribution is -0.115. The van der Waals surface area contributed by atoms with Crippen molar-refractivity contribution in [1.29, 1.82) is 0 Å². The summed E-state index contributed by atoms with van der Waals surface area (Å²) in [7, 11) is 0. The van der Waals surface area contributed by atoms with Crippen LogP contribution in [0.1, 0.15) is 45.2 Å². The van der Waals surface area contributed by atoms with E-state index in [0.29, 0.717) is 34.9 Å². The molecule has 1 saturated heterocycles. The molecular formula is C21H26N2O2. The number of carbonyl (C=O) groups is 1. The third-order valence-electron chi connectivity index (χ3n) is 7.41. The minimum Gasteiger partial charge on any atom is -0.374 e. The first-order valence-corrected chi connectivity index (χ1v) is 9.56. The van der Waals surface area contributed by atoms with Crippen LogP contribution in [-0.2, 0) is 11.3 Å². The molecule has 0 amide bonds. The molecule has 2 bridgehead atoms. The molecule has 0 spiro atoms. The molecule has 4 aliphatic rings. The summed E-state index contributed by atoms with van der Waals surface area (Å²) in [6, 6.07) is 5.66. The number of likely N-dealkylation sites (tertiary alicyclic amines) is 1. The van der Waals surface area contributed by atoms with Crippen LogP contribution in [0.4, 0.5) is 0 Å². The highest BCUT2D eigenvalue weighted by atomic mass is 16.1. The molecule has 132 valence electrons. The van der Waals surface area contributed by atoms with Gasteiger partial charge >= 0.3 is 0 Å². The van der Waals surface area contributed by atoms with Crippen LogP contribution in [0.2, 0.25) is 0 Å². The van der Waals surface area contributed by atoms with E-state index in [0.717, 1.165) is 38.0 Å². The number of nitrogens with zero attached hydrogens (tertiary/aromatic N) is 2. The lowest BCUT2D eigenvalue weighted by Gasteiger charge is -2.44. The first kappa shape index (κ1) is 15.4. The number of fused-ring (bicyclic) bond motifs is 5. The molecule has 0 aromatic carbocycles. The molecule has 2 saturated carbocycles. The van der Waals surface area contributed by atoms with Gasteiger partial charge in [0.05, 0.1) is 0 Å². The predicted octanol–water partition coefficient (Wildman–Crippen LogP) is 2.79. The van der Waals surface area contributed by atoms with Crippen LogP contribution in [0, 0.1) is 23.2 Å². The van der Waals surface area contributed by atoms with E-state index in [9.17, 15) is 9.59 Å². The van der Waals surface area contributed by atoms with Gasteiger partial charge in [0.2, 0.25) is 0 Å². The SMILES string of the molecule is C/C(=C1/C(=O)C[C@@H]2[C@H]1C2(C)C)N1C[C@@H]2C[C@@H](C1)c1cccc(=O)n1C2. The molecule has 1 aromatic heterocycles. The van der Waals surface area contributed by atoms with E-state index in [1.807, 2.05) is 10.6 Å². The Morgan fingerprint density at radius 3 is 2.72 bits per heavy atom. The molecule has 3 fully saturated rings. The fourth-order valence-corrected chi connectivity index (χ4v) is 5.95. The molecule has 3 heterocycles. The van der Waals surface area contributed by atoms with Gasteiger partial charge in [0.25, 0.3) is 5.56 Å². The lowest BCUT2D eigenvalue weighted by atomic mass is 9.82. The van der Waals surface area contributed by atoms with Crippen LogP contribution in [0.5, 0.6) is 0 Å². The zero-order valence-electron chi connectivity index (χ0n) is 15.3. The monoisotopic (exact) mass is 338 g/mol. The highest BCUT2D eigenvalue weighted by Crippen LogP contribution is 2.68. The quantitative estimate of drug-likeness (QED) is 0.740. The number of rotatable bonds is 1. The highest BCUT2D eigenvalue weighted by Gasteiger charge is 2.65. The summed E-state index contributed by atoms with van der Waals surface area (Å²) in [5.74, 6) is 2.31. The van der Waals surface area contributed by atoms with Crippen LogP contribution >= 0.6 is 0 Å². The topological polar surface area (TPSA) is 42.3 Å². The van der Waals surface area contributed by atoms with Crippen LogP contribution in [0.15, 0.2) is 34.3 Å². The minimum atomic E-state index is 0.129. The first-order chi connectivity index (χ1) is 11.9. The van der Waals surface area contributed by atoms with E-state index < -0.39 is 0 Å². The average Bonchev–Trinajstić information content (AvgIpc) is 2.90. The van der Waals surface area contributed by atoms with Crippen molar-refractivity contribution in [2.75, 3.05) is 13.1 Å². The maximum Gasteiger partial charge on any atom is 0.250 e. The van der Waals surface area contributed by atoms with Crippen LogP contribution in [-0.4, -0.2) is 28.3 Å². The Kier molecular flexibility index (Phi) is 3.00. The van der Waals surface area contributed by atoms with Gasteiger partial charge in [0.1, 0.15) is 0 Å². The number of ketones is 1. The van der Waals surface area contributed by atoms with Crippen LogP contribution < -0.4 is 5.56 Å². The number of pyridine rings is 1. The Labute approximate surface area is 148 Å². The standard InChI is InChI=1S/C21H26N2O2/c1-12(19-17(24)8-15-20(19)21(15,2)3)22-9-13-7-14(11-22)16-5-4-6-18(25)23(16)10-13/h4-6,13-15,20H,7-11H2,1-3H3/b19-12+/t13-,14-,15+,20+/m0/s1. The smallest absolute Gasteiger partial charge is 0.250 e. The van der Waals surface area contributed by atoms with Gasteiger partial charge in [-0.05, 0) is 42.6 Å². The summed E-state index contributed by atoms with van der Waals surface area (Å²) >= 11 is 0. The first-order valence-electron chi connectivity index (χ1n) is 9.56. The van der Waals surface area contributed by atoms with Crippen molar-refractivity contribution in [3.8, 4) is 0 Å². The van der Waals surface area contributed by atoms with Crippen molar-refractivity contribution in [2.45, 2.75) is 46.1 Å². The number of allylic oxidation sites excluding steroid dienone is 2. The molecule has 0 unspecified atom stereocenters. The molecule has 4 heteroatoms. The number of Topliss-reactive ketones (excluding diaryl/α,β-unsaturated/α-hetero) is 1. The van der Waals surface area contributed by atoms with Gasteiger partial charge < -0.3 is 9.47 Å². The molecule has 0 N–H and O–H groups in total. The Bertz CT molecular complexity index is 863. The molecule has 2 aliphatic heterocycles. The van der Waals surface area contributed by atoms with Crippen molar-refractivity contribution in [3.63, 3.8) is 0 Å². The van der Waals surface area contributed by atoms with Crippen molar-refractivity contribution in [1.82, 2.24) is 9.47 Å². The highest BCUT2D eigenvalue weighted by molar-refractivity contribution is 6.01. The fourth-order valence-electron chi connectivity index (χ4n) is 5.95. The average molecular weight is 338 g/mol. The molecule has 1 aromatic rings. The van der Waals surface area contributed by atoms with Gasteiger partial charge in [0.15, 0.2) is 5.78 Å². The van der Waals surface area contributed by atoms with Gasteiger partial charge in [-0.3, -0.25) is 9.59 Å². The van der Waals surface area contributed by atoms with Gasteiger partial charge in [0, 0.05) is 55.0 Å². The molecule has 25 heavy (non-hydrogen) atoms. The van der Waals surface area contributed by atoms with Crippen molar-refractivity contribution in [3.05, 3.63) is 45.5 Å². The maximum atomic E-state index is 12.5. The van der Waals surface area contributed by atoms with E-state index in [2.05, 4.69) is 31.7 Å². The minimum absolute atomic E-state index is 0.129. The Morgan fingerprint density at radius 1 is 1.16 bits per heavy atom. The summed E-state index contributed by atoms with van der Waals surface area (Å²) in [4.78, 5) is 27.2. The molecule has 4 nitrogen and oxygen atoms in total. The van der Waals surface area contributed by atoms with Crippen LogP contribution in [0.25, 0.3) is 0 Å². The van der Waals surface area contributed by atoms with Gasteiger partial charge in [-0.25, -0.2) is 0 Å². The van der Waals surface area contributed by atoms with Gasteiger partial charge in [-0.1, -0.05) is 19.9 Å². The Hall–Kier alpha value is -1.84. The van der Waals surface area contributed by atoms with E-state index >= 15 is 0 Å². The largest absolute Gasteiger partial charge is 0.374 e. The van der Waals surface area contributed by atoms with E-state index in [4.69, 9.17) is 0 Å².